The van der Waals surface area contributed by atoms with Crippen LogP contribution in [0.3, 0.4) is 0 Å². The van der Waals surface area contributed by atoms with Crippen molar-refractivity contribution in [2.45, 2.75) is 46.1 Å². The second-order valence-corrected chi connectivity index (χ2v) is 5.78. The van der Waals surface area contributed by atoms with Gasteiger partial charge >= 0.3 is 5.97 Å². The highest BCUT2D eigenvalue weighted by Crippen LogP contribution is 2.32. The number of carbonyl (C=O) groups is 1. The molecule has 20 heavy (non-hydrogen) atoms. The van der Waals surface area contributed by atoms with Crippen LogP contribution in [0.15, 0.2) is 24.3 Å². The lowest BCUT2D eigenvalue weighted by Gasteiger charge is -2.35. The predicted octanol–water partition coefficient (Wildman–Crippen LogP) is 4.10. The summed E-state index contributed by atoms with van der Waals surface area (Å²) in [6.07, 6.45) is 3.73. The van der Waals surface area contributed by atoms with Crippen molar-refractivity contribution >= 4 is 11.7 Å². The van der Waals surface area contributed by atoms with Gasteiger partial charge < -0.3 is 10.1 Å². The van der Waals surface area contributed by atoms with E-state index in [4.69, 9.17) is 4.74 Å². The van der Waals surface area contributed by atoms with E-state index in [0.29, 0.717) is 24.1 Å². The molecule has 1 N–H and O–H groups in total. The summed E-state index contributed by atoms with van der Waals surface area (Å²) in [4.78, 5) is 12.0. The fraction of sp³-hybridized carbons (Fsp3) is 0.588. The Labute approximate surface area is 121 Å². The highest BCUT2D eigenvalue weighted by Gasteiger charge is 2.27. The van der Waals surface area contributed by atoms with Gasteiger partial charge in [-0.15, -0.1) is 0 Å². The van der Waals surface area contributed by atoms with E-state index in [2.05, 4.69) is 19.2 Å². The Morgan fingerprint density at radius 1 is 1.30 bits per heavy atom. The van der Waals surface area contributed by atoms with Gasteiger partial charge in [-0.2, -0.15) is 0 Å². The summed E-state index contributed by atoms with van der Waals surface area (Å²) in [6, 6.07) is 8.08. The average Bonchev–Trinajstić information content (AvgIpc) is 2.45. The van der Waals surface area contributed by atoms with Crippen LogP contribution < -0.4 is 5.32 Å². The summed E-state index contributed by atoms with van der Waals surface area (Å²) in [5.74, 6) is 1.11. The van der Waals surface area contributed by atoms with Crippen molar-refractivity contribution < 1.29 is 9.53 Å². The molecule has 3 unspecified atom stereocenters. The summed E-state index contributed by atoms with van der Waals surface area (Å²) in [7, 11) is 0. The third-order valence-electron chi connectivity index (χ3n) is 4.47. The van der Waals surface area contributed by atoms with Crippen molar-refractivity contribution in [3.63, 3.8) is 0 Å². The fourth-order valence-corrected chi connectivity index (χ4v) is 2.98. The SMILES string of the molecule is CCOC(=O)c1ccccc1NC1CCCC(C)C1C. The Kier molecular flexibility index (Phi) is 5.05. The molecule has 0 aromatic heterocycles. The highest BCUT2D eigenvalue weighted by atomic mass is 16.5. The van der Waals surface area contributed by atoms with Gasteiger partial charge in [-0.1, -0.05) is 38.8 Å². The number of hydrogen-bond acceptors (Lipinski definition) is 3. The molecule has 0 radical (unpaired) electrons. The topological polar surface area (TPSA) is 38.3 Å². The Balaban J connectivity index is 2.14. The summed E-state index contributed by atoms with van der Waals surface area (Å²) in [5.41, 5.74) is 1.54. The van der Waals surface area contributed by atoms with Gasteiger partial charge in [0.2, 0.25) is 0 Å². The first-order valence-corrected chi connectivity index (χ1v) is 7.66. The van der Waals surface area contributed by atoms with Gasteiger partial charge in [-0.3, -0.25) is 0 Å². The van der Waals surface area contributed by atoms with Crippen molar-refractivity contribution in [1.82, 2.24) is 0 Å². The molecule has 0 amide bonds. The van der Waals surface area contributed by atoms with Crippen molar-refractivity contribution in [3.8, 4) is 0 Å². The van der Waals surface area contributed by atoms with Crippen LogP contribution in [0, 0.1) is 11.8 Å². The van der Waals surface area contributed by atoms with Gasteiger partial charge in [-0.25, -0.2) is 4.79 Å². The smallest absolute Gasteiger partial charge is 0.340 e. The molecule has 0 aliphatic heterocycles. The quantitative estimate of drug-likeness (QED) is 0.841. The number of esters is 1. The van der Waals surface area contributed by atoms with E-state index < -0.39 is 0 Å². The number of rotatable bonds is 4. The molecule has 2 rings (SSSR count). The molecule has 3 atom stereocenters. The zero-order chi connectivity index (χ0) is 14.5. The van der Waals surface area contributed by atoms with E-state index >= 15 is 0 Å². The minimum atomic E-state index is -0.243. The summed E-state index contributed by atoms with van der Waals surface area (Å²) < 4.78 is 5.13. The van der Waals surface area contributed by atoms with Gasteiger partial charge in [-0.05, 0) is 37.3 Å². The molecule has 1 fully saturated rings. The van der Waals surface area contributed by atoms with E-state index in [1.54, 1.807) is 0 Å². The van der Waals surface area contributed by atoms with Crippen molar-refractivity contribution in [3.05, 3.63) is 29.8 Å². The molecule has 0 spiro atoms. The number of anilines is 1. The minimum Gasteiger partial charge on any atom is -0.462 e. The third-order valence-corrected chi connectivity index (χ3v) is 4.47. The standard InChI is InChI=1S/C17H25NO2/c1-4-20-17(19)14-9-5-6-10-16(14)18-15-11-7-8-12(2)13(15)3/h5-6,9-10,12-13,15,18H,4,7-8,11H2,1-3H3. The molecule has 0 saturated heterocycles. The van der Waals surface area contributed by atoms with Crippen LogP contribution in [0.2, 0.25) is 0 Å². The van der Waals surface area contributed by atoms with Crippen LogP contribution in [0.5, 0.6) is 0 Å². The lowest BCUT2D eigenvalue weighted by atomic mass is 9.78. The lowest BCUT2D eigenvalue weighted by molar-refractivity contribution is 0.0527. The van der Waals surface area contributed by atoms with E-state index in [0.717, 1.165) is 11.6 Å². The first kappa shape index (κ1) is 14.9. The maximum absolute atomic E-state index is 12.0. The van der Waals surface area contributed by atoms with Crippen molar-refractivity contribution in [2.24, 2.45) is 11.8 Å². The molecule has 0 heterocycles. The number of hydrogen-bond donors (Lipinski definition) is 1. The Morgan fingerprint density at radius 3 is 2.80 bits per heavy atom. The normalized spacial score (nSPS) is 26.1. The lowest BCUT2D eigenvalue weighted by Crippen LogP contribution is -2.35. The monoisotopic (exact) mass is 275 g/mol. The van der Waals surface area contributed by atoms with E-state index in [9.17, 15) is 4.79 Å². The number of ether oxygens (including phenoxy) is 1. The van der Waals surface area contributed by atoms with Gasteiger partial charge in [0.15, 0.2) is 0 Å². The predicted molar refractivity (Wildman–Crippen MR) is 82.0 cm³/mol. The molecule has 1 aliphatic carbocycles. The first-order chi connectivity index (χ1) is 9.63. The van der Waals surface area contributed by atoms with Gasteiger partial charge in [0, 0.05) is 11.7 Å². The average molecular weight is 275 g/mol. The van der Waals surface area contributed by atoms with Crippen LogP contribution in [-0.4, -0.2) is 18.6 Å². The highest BCUT2D eigenvalue weighted by molar-refractivity contribution is 5.95. The molecule has 1 aromatic carbocycles. The molecule has 0 bridgehead atoms. The minimum absolute atomic E-state index is 0.243. The van der Waals surface area contributed by atoms with Crippen molar-refractivity contribution in [2.75, 3.05) is 11.9 Å². The first-order valence-electron chi connectivity index (χ1n) is 7.66. The van der Waals surface area contributed by atoms with Crippen LogP contribution in [0.1, 0.15) is 50.4 Å². The fourth-order valence-electron chi connectivity index (χ4n) is 2.98. The van der Waals surface area contributed by atoms with Gasteiger partial charge in [0.05, 0.1) is 12.2 Å². The van der Waals surface area contributed by atoms with Crippen molar-refractivity contribution in [1.29, 1.82) is 0 Å². The van der Waals surface area contributed by atoms with Crippen LogP contribution in [0.25, 0.3) is 0 Å². The second kappa shape index (κ2) is 6.78. The Morgan fingerprint density at radius 2 is 2.05 bits per heavy atom. The summed E-state index contributed by atoms with van der Waals surface area (Å²) in [5, 5.41) is 3.57. The molecule has 1 aromatic rings. The second-order valence-electron chi connectivity index (χ2n) is 5.78. The molecule has 110 valence electrons. The van der Waals surface area contributed by atoms with E-state index in [-0.39, 0.29) is 5.97 Å². The Bertz CT molecular complexity index is 458. The van der Waals surface area contributed by atoms with E-state index in [1.807, 2.05) is 31.2 Å². The molecule has 3 heteroatoms. The largest absolute Gasteiger partial charge is 0.462 e. The van der Waals surface area contributed by atoms with E-state index in [1.165, 1.54) is 19.3 Å². The number of benzene rings is 1. The summed E-state index contributed by atoms with van der Waals surface area (Å²) >= 11 is 0. The number of para-hydroxylation sites is 1. The molecule has 1 aliphatic rings. The van der Waals surface area contributed by atoms with Gasteiger partial charge in [0.1, 0.15) is 0 Å². The molecule has 1 saturated carbocycles. The van der Waals surface area contributed by atoms with Crippen LogP contribution in [0.4, 0.5) is 5.69 Å². The maximum Gasteiger partial charge on any atom is 0.340 e. The summed E-state index contributed by atoms with van der Waals surface area (Å²) in [6.45, 7) is 6.85. The van der Waals surface area contributed by atoms with Gasteiger partial charge in [0.25, 0.3) is 0 Å². The molecular weight excluding hydrogens is 250 g/mol. The Hall–Kier alpha value is -1.51. The zero-order valence-corrected chi connectivity index (χ0v) is 12.7. The number of carbonyl (C=O) groups excluding carboxylic acids is 1. The molecular formula is C17H25NO2. The zero-order valence-electron chi connectivity index (χ0n) is 12.7. The molecule has 3 nitrogen and oxygen atoms in total. The number of nitrogens with one attached hydrogen (secondary N) is 1. The van der Waals surface area contributed by atoms with Crippen LogP contribution >= 0.6 is 0 Å². The van der Waals surface area contributed by atoms with Crippen LogP contribution in [-0.2, 0) is 4.74 Å². The third kappa shape index (κ3) is 3.33. The maximum atomic E-state index is 12.0.